The monoisotopic (exact) mass is 320 g/mol. The molecule has 2 saturated heterocycles. The number of amides is 1. The number of carbonyl (C=O) groups is 1. The van der Waals surface area contributed by atoms with E-state index in [0.29, 0.717) is 0 Å². The molecule has 5 atom stereocenters. The van der Waals surface area contributed by atoms with Crippen LogP contribution in [0.3, 0.4) is 0 Å². The summed E-state index contributed by atoms with van der Waals surface area (Å²) in [5.74, 6) is -0.908. The van der Waals surface area contributed by atoms with E-state index >= 15 is 0 Å². The number of aromatic nitrogens is 2. The average molecular weight is 320 g/mol. The van der Waals surface area contributed by atoms with Crippen LogP contribution in [0.1, 0.15) is 16.7 Å². The molecular weight excluding hydrogens is 307 g/mol. The third-order valence-corrected chi connectivity index (χ3v) is 4.29. The number of imidazole rings is 1. The van der Waals surface area contributed by atoms with Gasteiger partial charge in [0, 0.05) is 0 Å². The molecule has 11 nitrogen and oxygen atoms in total. The smallest absolute Gasteiger partial charge is 0.386 e. The van der Waals surface area contributed by atoms with Crippen molar-refractivity contribution in [1.82, 2.24) is 9.55 Å². The summed E-state index contributed by atoms with van der Waals surface area (Å²) in [6.07, 6.45) is -2.96. The summed E-state index contributed by atoms with van der Waals surface area (Å²) in [5.41, 5.74) is 10.7. The van der Waals surface area contributed by atoms with Crippen LogP contribution in [0.25, 0.3) is 0 Å². The van der Waals surface area contributed by atoms with Crippen molar-refractivity contribution in [2.24, 2.45) is 5.73 Å². The van der Waals surface area contributed by atoms with Crippen LogP contribution in [0, 0.1) is 0 Å². The molecule has 2 fully saturated rings. The summed E-state index contributed by atoms with van der Waals surface area (Å²) in [5, 5.41) is 10.2. The van der Waals surface area contributed by atoms with Crippen molar-refractivity contribution in [3.8, 4) is 0 Å². The first kappa shape index (κ1) is 14.4. The van der Waals surface area contributed by atoms with Gasteiger partial charge in [-0.05, 0) is 0 Å². The van der Waals surface area contributed by atoms with Crippen LogP contribution in [0.2, 0.25) is 0 Å². The van der Waals surface area contributed by atoms with Crippen molar-refractivity contribution in [3.05, 3.63) is 12.0 Å². The average Bonchev–Trinajstić information content (AvgIpc) is 2.90. The molecule has 3 heterocycles. The van der Waals surface area contributed by atoms with Crippen LogP contribution < -0.4 is 11.5 Å². The number of fused-ring (bicyclic) bond motifs is 1. The molecule has 0 bridgehead atoms. The predicted octanol–water partition coefficient (Wildman–Crippen LogP) is -1.66. The van der Waals surface area contributed by atoms with E-state index in [-0.39, 0.29) is 18.1 Å². The van der Waals surface area contributed by atoms with Crippen molar-refractivity contribution in [3.63, 3.8) is 0 Å². The fourth-order valence-electron chi connectivity index (χ4n) is 2.33. The third-order valence-electron chi connectivity index (χ3n) is 3.31. The van der Waals surface area contributed by atoms with Crippen molar-refractivity contribution in [2.45, 2.75) is 24.5 Å². The van der Waals surface area contributed by atoms with Gasteiger partial charge in [0.15, 0.2) is 11.9 Å². The fourth-order valence-corrected chi connectivity index (χ4v) is 3.29. The summed E-state index contributed by atoms with van der Waals surface area (Å²) >= 11 is 0. The quantitative estimate of drug-likeness (QED) is 0.465. The van der Waals surface area contributed by atoms with E-state index in [4.69, 9.17) is 20.7 Å². The van der Waals surface area contributed by atoms with Gasteiger partial charge in [0.05, 0.1) is 12.9 Å². The normalized spacial score (nSPS) is 39.1. The van der Waals surface area contributed by atoms with Crippen LogP contribution >= 0.6 is 7.82 Å². The lowest BCUT2D eigenvalue weighted by Crippen LogP contribution is -2.39. The molecule has 3 rings (SSSR count). The number of nitrogens with two attached hydrogens (primary N) is 2. The number of aliphatic hydroxyl groups excluding tert-OH is 1. The Labute approximate surface area is 118 Å². The maximum atomic E-state index is 11.4. The molecule has 2 aliphatic rings. The lowest BCUT2D eigenvalue weighted by Gasteiger charge is -2.27. The number of aliphatic hydroxyl groups is 1. The topological polar surface area (TPSA) is 172 Å². The van der Waals surface area contributed by atoms with Gasteiger partial charge in [0.2, 0.25) is 0 Å². The lowest BCUT2D eigenvalue weighted by atomic mass is 10.1. The van der Waals surface area contributed by atoms with E-state index in [1.165, 1.54) is 10.9 Å². The highest BCUT2D eigenvalue weighted by Gasteiger charge is 2.52. The Morgan fingerprint density at radius 2 is 2.29 bits per heavy atom. The number of phosphoric acid groups is 1. The highest BCUT2D eigenvalue weighted by molar-refractivity contribution is 7.47. The Balaban J connectivity index is 1.88. The first-order valence-electron chi connectivity index (χ1n) is 5.91. The molecule has 0 aromatic carbocycles. The van der Waals surface area contributed by atoms with Crippen LogP contribution in [0.4, 0.5) is 5.82 Å². The molecule has 2 aliphatic heterocycles. The summed E-state index contributed by atoms with van der Waals surface area (Å²) in [7, 11) is -4.20. The van der Waals surface area contributed by atoms with Gasteiger partial charge in [-0.25, -0.2) is 9.55 Å². The van der Waals surface area contributed by atoms with Gasteiger partial charge in [0.1, 0.15) is 24.1 Å². The van der Waals surface area contributed by atoms with Gasteiger partial charge in [0.25, 0.3) is 5.91 Å². The van der Waals surface area contributed by atoms with Gasteiger partial charge < -0.3 is 26.2 Å². The minimum atomic E-state index is -4.20. The molecule has 1 amide bonds. The summed E-state index contributed by atoms with van der Waals surface area (Å²) in [4.78, 5) is 24.1. The predicted molar refractivity (Wildman–Crippen MR) is 65.7 cm³/mol. The summed E-state index contributed by atoms with van der Waals surface area (Å²) in [6, 6.07) is 0. The number of hydrogen-bond acceptors (Lipinski definition) is 8. The van der Waals surface area contributed by atoms with Gasteiger partial charge in [-0.1, -0.05) is 0 Å². The van der Waals surface area contributed by atoms with Gasteiger partial charge in [-0.3, -0.25) is 18.4 Å². The molecule has 0 spiro atoms. The number of anilines is 1. The van der Waals surface area contributed by atoms with Crippen LogP contribution in [0.15, 0.2) is 6.33 Å². The molecule has 1 aromatic rings. The minimum absolute atomic E-state index is 0.0849. The largest absolute Gasteiger partial charge is 0.472 e. The second-order valence-electron chi connectivity index (χ2n) is 4.64. The van der Waals surface area contributed by atoms with Crippen LogP contribution in [-0.4, -0.2) is 50.4 Å². The van der Waals surface area contributed by atoms with Crippen molar-refractivity contribution < 1.29 is 33.1 Å². The molecular formula is C9H13N4O7P. The summed E-state index contributed by atoms with van der Waals surface area (Å²) in [6.45, 7) is -0.219. The van der Waals surface area contributed by atoms with E-state index < -0.39 is 38.3 Å². The molecule has 116 valence electrons. The molecule has 12 heteroatoms. The lowest BCUT2D eigenvalue weighted by molar-refractivity contribution is -0.0668. The number of hydrogen-bond donors (Lipinski definition) is 4. The van der Waals surface area contributed by atoms with E-state index in [1.54, 1.807) is 0 Å². The van der Waals surface area contributed by atoms with Crippen molar-refractivity contribution in [1.29, 1.82) is 0 Å². The number of ether oxygens (including phenoxy) is 1. The molecule has 5 unspecified atom stereocenters. The van der Waals surface area contributed by atoms with Gasteiger partial charge in [-0.2, -0.15) is 0 Å². The first-order valence-corrected chi connectivity index (χ1v) is 7.41. The van der Waals surface area contributed by atoms with E-state index in [0.717, 1.165) is 0 Å². The van der Waals surface area contributed by atoms with E-state index in [9.17, 15) is 19.4 Å². The Morgan fingerprint density at radius 1 is 1.57 bits per heavy atom. The van der Waals surface area contributed by atoms with Crippen LogP contribution in [-0.2, 0) is 18.3 Å². The number of phosphoric ester groups is 1. The fraction of sp³-hybridized carbons (Fsp3) is 0.556. The highest BCUT2D eigenvalue weighted by Crippen LogP contribution is 2.52. The zero-order valence-corrected chi connectivity index (χ0v) is 11.4. The maximum Gasteiger partial charge on any atom is 0.472 e. The Hall–Kier alpha value is -1.49. The Morgan fingerprint density at radius 3 is 2.90 bits per heavy atom. The van der Waals surface area contributed by atoms with Gasteiger partial charge >= 0.3 is 7.82 Å². The number of nitrogens with zero attached hydrogens (tertiary/aromatic N) is 2. The molecule has 6 N–H and O–H groups in total. The second kappa shape index (κ2) is 4.77. The maximum absolute atomic E-state index is 11.4. The van der Waals surface area contributed by atoms with Crippen LogP contribution in [0.5, 0.6) is 0 Å². The standard InChI is InChI=1S/C9H13N4O7P/c10-7-4(8(11)15)12-2-13(7)9-5(14)6-3(19-9)1-18-21(16,17)20-6/h2-3,5-6,9,14H,1,10H2,(H2,11,15)(H,16,17). The molecule has 0 radical (unpaired) electrons. The van der Waals surface area contributed by atoms with E-state index in [1.807, 2.05) is 0 Å². The van der Waals surface area contributed by atoms with Crippen molar-refractivity contribution in [2.75, 3.05) is 12.3 Å². The number of carbonyl (C=O) groups excluding carboxylic acids is 1. The zero-order valence-electron chi connectivity index (χ0n) is 10.5. The molecule has 21 heavy (non-hydrogen) atoms. The highest BCUT2D eigenvalue weighted by atomic mass is 31.2. The second-order valence-corrected chi connectivity index (χ2v) is 6.05. The minimum Gasteiger partial charge on any atom is -0.386 e. The molecule has 0 aliphatic carbocycles. The SMILES string of the molecule is NC(=O)c1ncn(C2OC3COP(=O)(O)OC3C2O)c1N. The third kappa shape index (κ3) is 2.33. The number of nitrogen functional groups attached to an aromatic ring is 1. The molecule has 1 aromatic heterocycles. The zero-order chi connectivity index (χ0) is 15.4. The van der Waals surface area contributed by atoms with E-state index in [2.05, 4.69) is 9.51 Å². The van der Waals surface area contributed by atoms with Crippen molar-refractivity contribution >= 4 is 19.5 Å². The first-order chi connectivity index (χ1) is 9.80. The van der Waals surface area contributed by atoms with Gasteiger partial charge in [-0.15, -0.1) is 0 Å². The number of rotatable bonds is 2. The summed E-state index contributed by atoms with van der Waals surface area (Å²) < 4.78 is 27.5. The Bertz CT molecular complexity index is 634. The molecule has 0 saturated carbocycles. The number of primary amides is 1. The Kier molecular flexibility index (Phi) is 3.28.